The van der Waals surface area contributed by atoms with E-state index in [1.807, 2.05) is 55.6 Å². The summed E-state index contributed by atoms with van der Waals surface area (Å²) in [5.74, 6) is -1.70. The summed E-state index contributed by atoms with van der Waals surface area (Å²) < 4.78 is 53.0. The zero-order valence-corrected chi connectivity index (χ0v) is 20.1. The number of aryl methyl sites for hydroxylation is 2. The number of amides is 2. The number of carbonyl (C=O) groups is 2. The highest BCUT2D eigenvalue weighted by Crippen LogP contribution is 2.44. The topological polar surface area (TPSA) is 76.7 Å². The minimum atomic E-state index is -4.75. The van der Waals surface area contributed by atoms with Gasteiger partial charge in [-0.15, -0.1) is 0 Å². The van der Waals surface area contributed by atoms with Crippen LogP contribution in [0.15, 0.2) is 66.7 Å². The number of hydrogen-bond donors (Lipinski definition) is 2. The average molecular weight is 511 g/mol. The summed E-state index contributed by atoms with van der Waals surface area (Å²) in [7, 11) is 0. The molecular formula is C28H25F3N2O4. The molecule has 192 valence electrons. The van der Waals surface area contributed by atoms with Gasteiger partial charge in [-0.1, -0.05) is 42.5 Å². The van der Waals surface area contributed by atoms with Gasteiger partial charge in [0.15, 0.2) is 6.04 Å². The Bertz CT molecular complexity index is 1290. The van der Waals surface area contributed by atoms with Crippen molar-refractivity contribution < 1.29 is 32.2 Å². The Morgan fingerprint density at radius 1 is 0.973 bits per heavy atom. The van der Waals surface area contributed by atoms with E-state index in [0.717, 1.165) is 11.1 Å². The fourth-order valence-electron chi connectivity index (χ4n) is 4.75. The molecule has 0 aliphatic carbocycles. The van der Waals surface area contributed by atoms with Gasteiger partial charge in [-0.3, -0.25) is 9.59 Å². The molecule has 0 saturated carbocycles. The van der Waals surface area contributed by atoms with Crippen LogP contribution in [0, 0.1) is 19.8 Å². The highest BCUT2D eigenvalue weighted by atomic mass is 19.4. The fraction of sp³-hybridized carbons (Fsp3) is 0.286. The molecule has 2 aliphatic rings. The van der Waals surface area contributed by atoms with Crippen molar-refractivity contribution in [2.24, 2.45) is 5.92 Å². The molecule has 1 fully saturated rings. The molecule has 2 heterocycles. The summed E-state index contributed by atoms with van der Waals surface area (Å²) in [6.45, 7) is 3.83. The van der Waals surface area contributed by atoms with E-state index in [1.165, 1.54) is 12.1 Å². The van der Waals surface area contributed by atoms with Gasteiger partial charge in [-0.05, 0) is 49.2 Å². The van der Waals surface area contributed by atoms with Crippen LogP contribution < -0.4 is 20.1 Å². The van der Waals surface area contributed by atoms with E-state index in [9.17, 15) is 22.8 Å². The van der Waals surface area contributed by atoms with Crippen molar-refractivity contribution in [1.29, 1.82) is 0 Å². The average Bonchev–Trinajstić information content (AvgIpc) is 2.84. The monoisotopic (exact) mass is 510 g/mol. The van der Waals surface area contributed by atoms with E-state index in [2.05, 4.69) is 5.32 Å². The number of ether oxygens (including phenoxy) is 2. The van der Waals surface area contributed by atoms with Crippen LogP contribution in [0.3, 0.4) is 0 Å². The summed E-state index contributed by atoms with van der Waals surface area (Å²) in [4.78, 5) is 26.2. The van der Waals surface area contributed by atoms with E-state index in [-0.39, 0.29) is 5.75 Å². The van der Waals surface area contributed by atoms with Gasteiger partial charge < -0.3 is 20.1 Å². The SMILES string of the molecule is Cc1ccc2c(c1)Oc1cc(C)ccc1C2NC(=O)C1CC(Oc2ccccc2)C(C(F)(F)F)NC1=O. The number of rotatable bonds is 4. The van der Waals surface area contributed by atoms with E-state index in [0.29, 0.717) is 22.6 Å². The predicted octanol–water partition coefficient (Wildman–Crippen LogP) is 5.13. The molecule has 3 aromatic rings. The van der Waals surface area contributed by atoms with Gasteiger partial charge in [0, 0.05) is 17.5 Å². The van der Waals surface area contributed by atoms with Crippen molar-refractivity contribution in [3.8, 4) is 17.2 Å². The normalized spacial score (nSPS) is 21.2. The van der Waals surface area contributed by atoms with Crippen LogP contribution in [0.5, 0.6) is 17.2 Å². The number of fused-ring (bicyclic) bond motifs is 2. The molecule has 2 aliphatic heterocycles. The number of alkyl halides is 3. The van der Waals surface area contributed by atoms with Crippen LogP contribution in [0.2, 0.25) is 0 Å². The Morgan fingerprint density at radius 3 is 2.14 bits per heavy atom. The molecule has 3 atom stereocenters. The van der Waals surface area contributed by atoms with Gasteiger partial charge in [-0.25, -0.2) is 0 Å². The largest absolute Gasteiger partial charge is 0.488 e. The summed E-state index contributed by atoms with van der Waals surface area (Å²) in [5, 5.41) is 4.87. The van der Waals surface area contributed by atoms with Crippen molar-refractivity contribution in [2.75, 3.05) is 0 Å². The summed E-state index contributed by atoms with van der Waals surface area (Å²) in [5.41, 5.74) is 3.31. The number of nitrogens with one attached hydrogen (secondary N) is 2. The van der Waals surface area contributed by atoms with Crippen LogP contribution in [0.1, 0.15) is 34.7 Å². The lowest BCUT2D eigenvalue weighted by molar-refractivity contribution is -0.188. The maximum atomic E-state index is 13.8. The van der Waals surface area contributed by atoms with Crippen LogP contribution in [0.4, 0.5) is 13.2 Å². The Morgan fingerprint density at radius 2 is 1.57 bits per heavy atom. The Kier molecular flexibility index (Phi) is 6.31. The molecule has 37 heavy (non-hydrogen) atoms. The van der Waals surface area contributed by atoms with Crippen LogP contribution in [-0.4, -0.2) is 30.1 Å². The van der Waals surface area contributed by atoms with Gasteiger partial charge in [0.25, 0.3) is 0 Å². The third-order valence-electron chi connectivity index (χ3n) is 6.62. The minimum absolute atomic E-state index is 0.218. The molecule has 3 aromatic carbocycles. The molecule has 0 bridgehead atoms. The first-order chi connectivity index (χ1) is 17.6. The summed E-state index contributed by atoms with van der Waals surface area (Å²) in [6.07, 6.45) is -6.65. The molecular weight excluding hydrogens is 485 g/mol. The molecule has 2 amide bonds. The predicted molar refractivity (Wildman–Crippen MR) is 129 cm³/mol. The van der Waals surface area contributed by atoms with E-state index in [4.69, 9.17) is 9.47 Å². The van der Waals surface area contributed by atoms with E-state index in [1.54, 1.807) is 18.2 Å². The van der Waals surface area contributed by atoms with Gasteiger partial charge in [0.1, 0.15) is 29.3 Å². The zero-order valence-electron chi connectivity index (χ0n) is 20.1. The number of piperidine rings is 1. The molecule has 3 unspecified atom stereocenters. The molecule has 2 N–H and O–H groups in total. The van der Waals surface area contributed by atoms with Crippen LogP contribution >= 0.6 is 0 Å². The van der Waals surface area contributed by atoms with Crippen molar-refractivity contribution in [1.82, 2.24) is 10.6 Å². The molecule has 0 radical (unpaired) electrons. The third kappa shape index (κ3) is 4.98. The van der Waals surface area contributed by atoms with Crippen molar-refractivity contribution in [3.05, 3.63) is 89.0 Å². The molecule has 0 aromatic heterocycles. The van der Waals surface area contributed by atoms with Gasteiger partial charge in [-0.2, -0.15) is 13.2 Å². The Balaban J connectivity index is 1.43. The first-order valence-electron chi connectivity index (χ1n) is 11.9. The summed E-state index contributed by atoms with van der Waals surface area (Å²) in [6, 6.07) is 16.3. The van der Waals surface area contributed by atoms with E-state index >= 15 is 0 Å². The Labute approximate surface area is 211 Å². The third-order valence-corrected chi connectivity index (χ3v) is 6.62. The van der Waals surface area contributed by atoms with Crippen molar-refractivity contribution in [3.63, 3.8) is 0 Å². The standard InChI is InChI=1S/C28H25F3N2O4/c1-15-8-10-18-21(12-15)37-22-13-16(2)9-11-19(22)24(18)32-26(34)20-14-23(36-17-6-4-3-5-7-17)25(28(29,30)31)33-27(20)35/h3-13,20,23-25H,14H2,1-2H3,(H,32,34)(H,33,35). The zero-order chi connectivity index (χ0) is 26.3. The smallest absolute Gasteiger partial charge is 0.412 e. The molecule has 1 saturated heterocycles. The second-order valence-electron chi connectivity index (χ2n) is 9.41. The highest BCUT2D eigenvalue weighted by Gasteiger charge is 2.53. The number of halogens is 3. The Hall–Kier alpha value is -4.01. The van der Waals surface area contributed by atoms with Gasteiger partial charge in [0.05, 0.1) is 6.04 Å². The van der Waals surface area contributed by atoms with E-state index < -0.39 is 48.5 Å². The molecule has 5 rings (SSSR count). The first-order valence-corrected chi connectivity index (χ1v) is 11.9. The van der Waals surface area contributed by atoms with Crippen LogP contribution in [0.25, 0.3) is 0 Å². The van der Waals surface area contributed by atoms with Crippen molar-refractivity contribution in [2.45, 2.75) is 44.6 Å². The number of hydrogen-bond acceptors (Lipinski definition) is 4. The molecule has 0 spiro atoms. The number of carbonyl (C=O) groups excluding carboxylic acids is 2. The maximum absolute atomic E-state index is 13.8. The summed E-state index contributed by atoms with van der Waals surface area (Å²) >= 11 is 0. The van der Waals surface area contributed by atoms with Crippen LogP contribution in [-0.2, 0) is 9.59 Å². The lowest BCUT2D eigenvalue weighted by Gasteiger charge is -2.37. The first kappa shape index (κ1) is 24.7. The maximum Gasteiger partial charge on any atom is 0.412 e. The second-order valence-corrected chi connectivity index (χ2v) is 9.41. The van der Waals surface area contributed by atoms with Gasteiger partial charge in [0.2, 0.25) is 11.8 Å². The number of benzene rings is 3. The lowest BCUT2D eigenvalue weighted by atomic mass is 9.88. The fourth-order valence-corrected chi connectivity index (χ4v) is 4.75. The van der Waals surface area contributed by atoms with Gasteiger partial charge >= 0.3 is 6.18 Å². The lowest BCUT2D eigenvalue weighted by Crippen LogP contribution is -2.62. The molecule has 6 nitrogen and oxygen atoms in total. The van der Waals surface area contributed by atoms with Crippen molar-refractivity contribution >= 4 is 11.8 Å². The minimum Gasteiger partial charge on any atom is -0.488 e. The highest BCUT2D eigenvalue weighted by molar-refractivity contribution is 6.01. The molecule has 9 heteroatoms. The quantitative estimate of drug-likeness (QED) is 0.478. The number of para-hydroxylation sites is 1. The second kappa shape index (κ2) is 9.46.